The summed E-state index contributed by atoms with van der Waals surface area (Å²) in [4.78, 5) is 0.0118. The number of halogens is 1. The number of anilines is 1. The first-order chi connectivity index (χ1) is 10.3. The van der Waals surface area contributed by atoms with Gasteiger partial charge in [-0.3, -0.25) is 4.72 Å². The van der Waals surface area contributed by atoms with Crippen LogP contribution in [0.5, 0.6) is 11.5 Å². The van der Waals surface area contributed by atoms with Crippen molar-refractivity contribution in [2.24, 2.45) is 0 Å². The van der Waals surface area contributed by atoms with Crippen LogP contribution in [0.3, 0.4) is 0 Å². The number of benzene rings is 2. The first kappa shape index (κ1) is 16.5. The molecular weight excluding hydrogens is 326 g/mol. The SMILES string of the molecule is COc1ccc(S(=O)(=O)Nc2ccc(C)c(O)c2C)cc1Cl. The summed E-state index contributed by atoms with van der Waals surface area (Å²) in [7, 11) is -2.36. The Balaban J connectivity index is 2.40. The van der Waals surface area contributed by atoms with E-state index in [-0.39, 0.29) is 15.7 Å². The average Bonchev–Trinajstić information content (AvgIpc) is 2.48. The smallest absolute Gasteiger partial charge is 0.261 e. The standard InChI is InChI=1S/C15H16ClNO4S/c1-9-4-6-13(10(2)15(9)18)17-22(19,20)11-5-7-14(21-3)12(16)8-11/h4-8,17-18H,1-3H3. The van der Waals surface area contributed by atoms with Gasteiger partial charge >= 0.3 is 0 Å². The Morgan fingerprint density at radius 2 is 1.86 bits per heavy atom. The molecule has 0 aliphatic carbocycles. The molecule has 0 unspecified atom stereocenters. The summed E-state index contributed by atoms with van der Waals surface area (Å²) >= 11 is 5.96. The number of phenols is 1. The van der Waals surface area contributed by atoms with Crippen LogP contribution in [0.1, 0.15) is 11.1 Å². The number of rotatable bonds is 4. The van der Waals surface area contributed by atoms with Crippen molar-refractivity contribution < 1.29 is 18.3 Å². The van der Waals surface area contributed by atoms with Gasteiger partial charge in [0.25, 0.3) is 10.0 Å². The Kier molecular flexibility index (Phi) is 4.53. The van der Waals surface area contributed by atoms with Crippen molar-refractivity contribution in [1.82, 2.24) is 0 Å². The van der Waals surface area contributed by atoms with Crippen molar-refractivity contribution in [3.8, 4) is 11.5 Å². The van der Waals surface area contributed by atoms with Crippen molar-refractivity contribution >= 4 is 27.3 Å². The van der Waals surface area contributed by atoms with Crippen molar-refractivity contribution in [2.75, 3.05) is 11.8 Å². The maximum Gasteiger partial charge on any atom is 0.261 e. The highest BCUT2D eigenvalue weighted by atomic mass is 35.5. The predicted octanol–water partition coefficient (Wildman–Crippen LogP) is 3.47. The van der Waals surface area contributed by atoms with E-state index in [4.69, 9.17) is 16.3 Å². The molecule has 0 atom stereocenters. The summed E-state index contributed by atoms with van der Waals surface area (Å²) in [5.41, 5.74) is 1.45. The Labute approximate surface area is 134 Å². The van der Waals surface area contributed by atoms with Gasteiger partial charge in [0, 0.05) is 5.56 Å². The van der Waals surface area contributed by atoms with Gasteiger partial charge in [-0.1, -0.05) is 17.7 Å². The normalized spacial score (nSPS) is 11.3. The second-order valence-corrected chi connectivity index (χ2v) is 6.90. The number of sulfonamides is 1. The summed E-state index contributed by atoms with van der Waals surface area (Å²) in [5.74, 6) is 0.456. The molecule has 0 bridgehead atoms. The van der Waals surface area contributed by atoms with Crippen LogP contribution in [0.4, 0.5) is 5.69 Å². The van der Waals surface area contributed by atoms with E-state index < -0.39 is 10.0 Å². The largest absolute Gasteiger partial charge is 0.507 e. The molecule has 0 saturated heterocycles. The van der Waals surface area contributed by atoms with E-state index in [9.17, 15) is 13.5 Å². The Hall–Kier alpha value is -1.92. The first-order valence-electron chi connectivity index (χ1n) is 6.42. The fraction of sp³-hybridized carbons (Fsp3) is 0.200. The van der Waals surface area contributed by atoms with Gasteiger partial charge in [0.15, 0.2) is 0 Å². The molecule has 0 fully saturated rings. The number of hydrogen-bond acceptors (Lipinski definition) is 4. The molecular formula is C15H16ClNO4S. The van der Waals surface area contributed by atoms with Crippen LogP contribution in [-0.2, 0) is 10.0 Å². The van der Waals surface area contributed by atoms with Gasteiger partial charge in [-0.05, 0) is 43.7 Å². The third-order valence-electron chi connectivity index (χ3n) is 3.31. The van der Waals surface area contributed by atoms with E-state index in [1.54, 1.807) is 26.0 Å². The van der Waals surface area contributed by atoms with E-state index in [1.165, 1.54) is 25.3 Å². The lowest BCUT2D eigenvalue weighted by Crippen LogP contribution is -2.14. The number of methoxy groups -OCH3 is 1. The van der Waals surface area contributed by atoms with Crippen LogP contribution in [0.25, 0.3) is 0 Å². The van der Waals surface area contributed by atoms with Gasteiger partial charge in [0.2, 0.25) is 0 Å². The predicted molar refractivity (Wildman–Crippen MR) is 86.4 cm³/mol. The van der Waals surface area contributed by atoms with Gasteiger partial charge in [-0.15, -0.1) is 0 Å². The summed E-state index contributed by atoms with van der Waals surface area (Å²) in [6, 6.07) is 7.44. The van der Waals surface area contributed by atoms with Crippen molar-refractivity contribution in [2.45, 2.75) is 18.7 Å². The fourth-order valence-corrected chi connectivity index (χ4v) is 3.44. The van der Waals surface area contributed by atoms with Crippen molar-refractivity contribution in [3.63, 3.8) is 0 Å². The van der Waals surface area contributed by atoms with Gasteiger partial charge in [0.1, 0.15) is 11.5 Å². The molecule has 7 heteroatoms. The summed E-state index contributed by atoms with van der Waals surface area (Å²) < 4.78 is 32.3. The maximum atomic E-state index is 12.4. The van der Waals surface area contributed by atoms with Crippen molar-refractivity contribution in [1.29, 1.82) is 0 Å². The highest BCUT2D eigenvalue weighted by Gasteiger charge is 2.18. The van der Waals surface area contributed by atoms with E-state index in [0.29, 0.717) is 22.6 Å². The lowest BCUT2D eigenvalue weighted by atomic mass is 10.1. The second-order valence-electron chi connectivity index (χ2n) is 4.81. The van der Waals surface area contributed by atoms with Crippen LogP contribution in [0.15, 0.2) is 35.2 Å². The van der Waals surface area contributed by atoms with E-state index in [1.807, 2.05) is 0 Å². The highest BCUT2D eigenvalue weighted by molar-refractivity contribution is 7.92. The zero-order chi connectivity index (χ0) is 16.5. The molecule has 0 spiro atoms. The van der Waals surface area contributed by atoms with Crippen LogP contribution >= 0.6 is 11.6 Å². The zero-order valence-corrected chi connectivity index (χ0v) is 13.9. The highest BCUT2D eigenvalue weighted by Crippen LogP contribution is 2.31. The monoisotopic (exact) mass is 341 g/mol. The topological polar surface area (TPSA) is 75.6 Å². The molecule has 2 aromatic carbocycles. The van der Waals surface area contributed by atoms with E-state index in [2.05, 4.69) is 4.72 Å². The summed E-state index contributed by atoms with van der Waals surface area (Å²) in [6.07, 6.45) is 0. The Bertz CT molecular complexity index is 819. The molecule has 0 radical (unpaired) electrons. The van der Waals surface area contributed by atoms with Crippen molar-refractivity contribution in [3.05, 3.63) is 46.5 Å². The molecule has 2 aromatic rings. The molecule has 5 nitrogen and oxygen atoms in total. The van der Waals surface area contributed by atoms with Crippen LogP contribution < -0.4 is 9.46 Å². The number of phenolic OH excluding ortho intramolecular Hbond substituents is 1. The zero-order valence-electron chi connectivity index (χ0n) is 12.3. The minimum Gasteiger partial charge on any atom is -0.507 e. The molecule has 0 aliphatic rings. The van der Waals surface area contributed by atoms with Crippen LogP contribution in [0, 0.1) is 13.8 Å². The fourth-order valence-electron chi connectivity index (χ4n) is 1.96. The molecule has 0 aromatic heterocycles. The van der Waals surface area contributed by atoms with E-state index >= 15 is 0 Å². The minimum absolute atomic E-state index is 0.0118. The minimum atomic E-state index is -3.81. The van der Waals surface area contributed by atoms with Gasteiger partial charge in [-0.25, -0.2) is 8.42 Å². The number of ether oxygens (including phenoxy) is 1. The third-order valence-corrected chi connectivity index (χ3v) is 4.97. The molecule has 0 saturated carbocycles. The quantitative estimate of drug-likeness (QED) is 0.892. The summed E-state index contributed by atoms with van der Waals surface area (Å²) in [5, 5.41) is 10.1. The average molecular weight is 342 g/mol. The first-order valence-corrected chi connectivity index (χ1v) is 8.28. The van der Waals surface area contributed by atoms with Gasteiger partial charge in [-0.2, -0.15) is 0 Å². The number of aromatic hydroxyl groups is 1. The number of aryl methyl sites for hydroxylation is 1. The van der Waals surface area contributed by atoms with Crippen LogP contribution in [0.2, 0.25) is 5.02 Å². The third kappa shape index (κ3) is 3.13. The molecule has 118 valence electrons. The molecule has 0 aliphatic heterocycles. The lowest BCUT2D eigenvalue weighted by molar-refractivity contribution is 0.414. The molecule has 0 amide bonds. The molecule has 22 heavy (non-hydrogen) atoms. The van der Waals surface area contributed by atoms with E-state index in [0.717, 1.165) is 0 Å². The Morgan fingerprint density at radius 1 is 1.18 bits per heavy atom. The van der Waals surface area contributed by atoms with Gasteiger partial charge in [0.05, 0.1) is 22.7 Å². The number of hydrogen-bond donors (Lipinski definition) is 2. The lowest BCUT2D eigenvalue weighted by Gasteiger charge is -2.13. The molecule has 2 rings (SSSR count). The van der Waals surface area contributed by atoms with Crippen LogP contribution in [-0.4, -0.2) is 20.6 Å². The maximum absolute atomic E-state index is 12.4. The number of nitrogens with one attached hydrogen (secondary N) is 1. The van der Waals surface area contributed by atoms with Gasteiger partial charge < -0.3 is 9.84 Å². The second kappa shape index (κ2) is 6.06. The summed E-state index contributed by atoms with van der Waals surface area (Å²) in [6.45, 7) is 3.38. The molecule has 2 N–H and O–H groups in total. The Morgan fingerprint density at radius 3 is 2.45 bits per heavy atom. The molecule has 0 heterocycles.